The first-order valence-electron chi connectivity index (χ1n) is 6.81. The summed E-state index contributed by atoms with van der Waals surface area (Å²) in [6.07, 6.45) is 0.984. The van der Waals surface area contributed by atoms with Crippen LogP contribution >= 0.6 is 0 Å². The lowest BCUT2D eigenvalue weighted by Gasteiger charge is -2.27. The zero-order chi connectivity index (χ0) is 14.4. The summed E-state index contributed by atoms with van der Waals surface area (Å²) in [5.41, 5.74) is 1.19. The van der Waals surface area contributed by atoms with E-state index < -0.39 is 12.3 Å². The van der Waals surface area contributed by atoms with E-state index in [1.54, 1.807) is 6.92 Å². The third-order valence-corrected chi connectivity index (χ3v) is 3.12. The van der Waals surface area contributed by atoms with Crippen molar-refractivity contribution in [2.45, 2.75) is 32.2 Å². The Balaban J connectivity index is 2.07. The van der Waals surface area contributed by atoms with Crippen LogP contribution in [0.2, 0.25) is 0 Å². The van der Waals surface area contributed by atoms with Gasteiger partial charge in [-0.3, -0.25) is 0 Å². The van der Waals surface area contributed by atoms with Crippen molar-refractivity contribution in [3.63, 3.8) is 0 Å². The lowest BCUT2D eigenvalue weighted by Crippen LogP contribution is -2.27. The Kier molecular flexibility index (Phi) is 5.32. The number of carbonyl (C=O) groups is 1. The first kappa shape index (κ1) is 14.8. The summed E-state index contributed by atoms with van der Waals surface area (Å²) in [6, 6.07) is 9.47. The van der Waals surface area contributed by atoms with Crippen molar-refractivity contribution >= 4 is 5.97 Å². The molecule has 1 aromatic carbocycles. The molecule has 0 bridgehead atoms. The van der Waals surface area contributed by atoms with E-state index in [9.17, 15) is 4.79 Å². The van der Waals surface area contributed by atoms with E-state index in [0.29, 0.717) is 18.8 Å². The second-order valence-corrected chi connectivity index (χ2v) is 4.88. The summed E-state index contributed by atoms with van der Waals surface area (Å²) in [6.45, 7) is 6.58. The summed E-state index contributed by atoms with van der Waals surface area (Å²) in [4.78, 5) is 11.7. The molecule has 1 atom stereocenters. The highest BCUT2D eigenvalue weighted by Gasteiger charge is 2.24. The first-order chi connectivity index (χ1) is 9.66. The fraction of sp³-hybridized carbons (Fsp3) is 0.438. The molecule has 4 heteroatoms. The van der Waals surface area contributed by atoms with Gasteiger partial charge in [-0.15, -0.1) is 0 Å². The van der Waals surface area contributed by atoms with Crippen LogP contribution in [-0.2, 0) is 19.0 Å². The molecule has 4 nitrogen and oxygen atoms in total. The van der Waals surface area contributed by atoms with Gasteiger partial charge in [-0.25, -0.2) is 4.79 Å². The molecule has 1 aliphatic heterocycles. The normalized spacial score (nSPS) is 17.4. The van der Waals surface area contributed by atoms with E-state index >= 15 is 0 Å². The summed E-state index contributed by atoms with van der Waals surface area (Å²) in [5.74, 6) is -0.439. The zero-order valence-electron chi connectivity index (χ0n) is 11.7. The minimum atomic E-state index is -0.691. The third-order valence-electron chi connectivity index (χ3n) is 3.12. The van der Waals surface area contributed by atoms with Crippen LogP contribution in [0.15, 0.2) is 42.5 Å². The van der Waals surface area contributed by atoms with E-state index in [4.69, 9.17) is 14.2 Å². The summed E-state index contributed by atoms with van der Waals surface area (Å²) >= 11 is 0. The Morgan fingerprint density at radius 3 is 2.55 bits per heavy atom. The number of benzene rings is 1. The summed E-state index contributed by atoms with van der Waals surface area (Å²) in [7, 11) is 0. The van der Waals surface area contributed by atoms with Crippen molar-refractivity contribution in [1.82, 2.24) is 0 Å². The number of carbonyl (C=O) groups excluding carboxylic acids is 1. The molecule has 0 aliphatic carbocycles. The number of hydrogen-bond acceptors (Lipinski definition) is 4. The highest BCUT2D eigenvalue weighted by atomic mass is 16.7. The molecule has 1 aliphatic rings. The van der Waals surface area contributed by atoms with Crippen molar-refractivity contribution < 1.29 is 19.0 Å². The van der Waals surface area contributed by atoms with Gasteiger partial charge in [0.2, 0.25) is 6.29 Å². The quantitative estimate of drug-likeness (QED) is 0.471. The highest BCUT2D eigenvalue weighted by Crippen LogP contribution is 2.25. The van der Waals surface area contributed by atoms with E-state index in [0.717, 1.165) is 18.4 Å². The Morgan fingerprint density at radius 1 is 1.30 bits per heavy atom. The topological polar surface area (TPSA) is 44.8 Å². The predicted octanol–water partition coefficient (Wildman–Crippen LogP) is 3.00. The molecule has 0 amide bonds. The van der Waals surface area contributed by atoms with Gasteiger partial charge >= 0.3 is 5.97 Å². The molecular formula is C16H20O4. The lowest BCUT2D eigenvalue weighted by atomic mass is 10.1. The van der Waals surface area contributed by atoms with Crippen molar-refractivity contribution in [3.8, 4) is 0 Å². The van der Waals surface area contributed by atoms with E-state index in [2.05, 4.69) is 6.58 Å². The molecule has 1 fully saturated rings. The van der Waals surface area contributed by atoms with Crippen molar-refractivity contribution in [2.75, 3.05) is 13.2 Å². The number of rotatable bonds is 5. The molecular weight excluding hydrogens is 256 g/mol. The minimum Gasteiger partial charge on any atom is -0.428 e. The maximum Gasteiger partial charge on any atom is 0.335 e. The van der Waals surface area contributed by atoms with E-state index in [1.807, 2.05) is 30.3 Å². The van der Waals surface area contributed by atoms with Gasteiger partial charge in [-0.1, -0.05) is 36.9 Å². The Labute approximate surface area is 119 Å². The molecule has 0 radical (unpaired) electrons. The average molecular weight is 276 g/mol. The van der Waals surface area contributed by atoms with Gasteiger partial charge in [0.15, 0.2) is 0 Å². The monoisotopic (exact) mass is 276 g/mol. The van der Waals surface area contributed by atoms with Gasteiger partial charge in [-0.2, -0.15) is 0 Å². The largest absolute Gasteiger partial charge is 0.428 e. The molecule has 2 rings (SSSR count). The van der Waals surface area contributed by atoms with Gasteiger partial charge in [0.05, 0.1) is 6.10 Å². The third kappa shape index (κ3) is 4.18. The fourth-order valence-corrected chi connectivity index (χ4v) is 1.97. The van der Waals surface area contributed by atoms with Crippen LogP contribution in [0.1, 0.15) is 31.6 Å². The van der Waals surface area contributed by atoms with Crippen molar-refractivity contribution in [3.05, 3.63) is 48.0 Å². The van der Waals surface area contributed by atoms with Crippen molar-refractivity contribution in [1.29, 1.82) is 0 Å². The van der Waals surface area contributed by atoms with Crippen LogP contribution in [0, 0.1) is 0 Å². The molecule has 1 saturated heterocycles. The maximum absolute atomic E-state index is 11.7. The summed E-state index contributed by atoms with van der Waals surface area (Å²) in [5, 5.41) is 0. The standard InChI is InChI=1S/C16H20O4/c1-12(2)15(17)20-16(13-6-4-3-5-7-13)19-14-8-10-18-11-9-14/h3-7,14,16H,1,8-11H2,2H3. The van der Waals surface area contributed by atoms with Crippen molar-refractivity contribution in [2.24, 2.45) is 0 Å². The Hall–Kier alpha value is -1.65. The smallest absolute Gasteiger partial charge is 0.335 e. The summed E-state index contributed by atoms with van der Waals surface area (Å²) < 4.78 is 16.6. The molecule has 108 valence electrons. The second-order valence-electron chi connectivity index (χ2n) is 4.88. The van der Waals surface area contributed by atoms with Crippen LogP contribution in [0.25, 0.3) is 0 Å². The fourth-order valence-electron chi connectivity index (χ4n) is 1.97. The van der Waals surface area contributed by atoms with E-state index in [1.165, 1.54) is 0 Å². The number of hydrogen-bond donors (Lipinski definition) is 0. The van der Waals surface area contributed by atoms with Gasteiger partial charge in [-0.05, 0) is 19.8 Å². The number of ether oxygens (including phenoxy) is 3. The second kappa shape index (κ2) is 7.22. The van der Waals surface area contributed by atoms with Crippen LogP contribution in [0.5, 0.6) is 0 Å². The van der Waals surface area contributed by atoms with Gasteiger partial charge in [0.1, 0.15) is 0 Å². The van der Waals surface area contributed by atoms with Crippen LogP contribution < -0.4 is 0 Å². The van der Waals surface area contributed by atoms with Crippen LogP contribution in [0.3, 0.4) is 0 Å². The SMILES string of the molecule is C=C(C)C(=O)OC(OC1CCOCC1)c1ccccc1. The molecule has 1 aromatic rings. The molecule has 0 spiro atoms. The molecule has 0 aromatic heterocycles. The first-order valence-corrected chi connectivity index (χ1v) is 6.81. The molecule has 20 heavy (non-hydrogen) atoms. The van der Waals surface area contributed by atoms with E-state index in [-0.39, 0.29) is 6.10 Å². The van der Waals surface area contributed by atoms with Gasteiger partial charge < -0.3 is 14.2 Å². The average Bonchev–Trinajstić information content (AvgIpc) is 2.48. The number of esters is 1. The highest BCUT2D eigenvalue weighted by molar-refractivity contribution is 5.87. The molecule has 1 heterocycles. The van der Waals surface area contributed by atoms with Gasteiger partial charge in [0.25, 0.3) is 0 Å². The Morgan fingerprint density at radius 2 is 1.95 bits per heavy atom. The minimum absolute atomic E-state index is 0.0480. The Bertz CT molecular complexity index is 449. The zero-order valence-corrected chi connectivity index (χ0v) is 11.7. The molecule has 0 saturated carbocycles. The predicted molar refractivity (Wildman–Crippen MR) is 75.0 cm³/mol. The molecule has 0 N–H and O–H groups in total. The van der Waals surface area contributed by atoms with Crippen LogP contribution in [0.4, 0.5) is 0 Å². The molecule has 1 unspecified atom stereocenters. The van der Waals surface area contributed by atoms with Crippen LogP contribution in [-0.4, -0.2) is 25.3 Å². The van der Waals surface area contributed by atoms with Gasteiger partial charge in [0, 0.05) is 24.4 Å². The lowest BCUT2D eigenvalue weighted by molar-refractivity contribution is -0.196. The maximum atomic E-state index is 11.7.